The zero-order chi connectivity index (χ0) is 20.2. The number of hydrogen-bond donors (Lipinski definition) is 0. The van der Waals surface area contributed by atoms with Crippen LogP contribution in [0.2, 0.25) is 0 Å². The van der Waals surface area contributed by atoms with Gasteiger partial charge in [-0.25, -0.2) is 4.98 Å². The maximum absolute atomic E-state index is 13.3. The number of nitrogens with zero attached hydrogens (tertiary/aromatic N) is 3. The van der Waals surface area contributed by atoms with Crippen LogP contribution in [0.5, 0.6) is 0 Å². The molecule has 1 aliphatic rings. The molecule has 0 amide bonds. The summed E-state index contributed by atoms with van der Waals surface area (Å²) in [4.78, 5) is 22.9. The van der Waals surface area contributed by atoms with Crippen LogP contribution in [-0.2, 0) is 26.1 Å². The molecule has 0 N–H and O–H groups in total. The number of hydrogen-bond acceptors (Lipinski definition) is 5. The molecule has 0 aliphatic carbocycles. The van der Waals surface area contributed by atoms with Gasteiger partial charge in [0.25, 0.3) is 5.56 Å². The normalized spacial score (nSPS) is 14.2. The first-order valence-electron chi connectivity index (χ1n) is 10.3. The second-order valence-corrected chi connectivity index (χ2v) is 9.58. The minimum absolute atomic E-state index is 0.0999. The Morgan fingerprint density at radius 1 is 1.31 bits per heavy atom. The number of allylic oxidation sites excluding steroid dienone is 1. The lowest BCUT2D eigenvalue weighted by molar-refractivity contribution is 0.249. The van der Waals surface area contributed by atoms with Crippen molar-refractivity contribution in [1.82, 2.24) is 14.5 Å². The molecule has 0 saturated heterocycles. The van der Waals surface area contributed by atoms with Crippen molar-refractivity contribution in [1.29, 1.82) is 0 Å². The van der Waals surface area contributed by atoms with E-state index in [4.69, 9.17) is 4.98 Å². The van der Waals surface area contributed by atoms with Crippen LogP contribution in [-0.4, -0.2) is 26.7 Å². The molecule has 6 heteroatoms. The van der Waals surface area contributed by atoms with Gasteiger partial charge in [-0.2, -0.15) is 0 Å². The average molecular weight is 426 g/mol. The Morgan fingerprint density at radius 2 is 2.14 bits per heavy atom. The van der Waals surface area contributed by atoms with Crippen molar-refractivity contribution in [2.75, 3.05) is 12.3 Å². The number of benzene rings is 1. The van der Waals surface area contributed by atoms with Gasteiger partial charge in [0.2, 0.25) is 0 Å². The number of thioether (sulfide) groups is 1. The fourth-order valence-corrected chi connectivity index (χ4v) is 6.19. The monoisotopic (exact) mass is 425 g/mol. The summed E-state index contributed by atoms with van der Waals surface area (Å²) in [5, 5.41) is 1.67. The summed E-state index contributed by atoms with van der Waals surface area (Å²) in [6.45, 7) is 9.35. The third kappa shape index (κ3) is 4.34. The van der Waals surface area contributed by atoms with Crippen LogP contribution in [0.3, 0.4) is 0 Å². The minimum atomic E-state index is 0.0999. The molecule has 4 rings (SSSR count). The van der Waals surface area contributed by atoms with Gasteiger partial charge in [-0.15, -0.1) is 17.9 Å². The van der Waals surface area contributed by atoms with E-state index in [2.05, 4.69) is 48.7 Å². The summed E-state index contributed by atoms with van der Waals surface area (Å²) < 4.78 is 1.80. The van der Waals surface area contributed by atoms with Gasteiger partial charge in [-0.3, -0.25) is 14.3 Å². The molecule has 0 spiro atoms. The number of unbranched alkanes of at least 4 members (excludes halogenated alkanes) is 1. The molecule has 3 heterocycles. The Labute approximate surface area is 180 Å². The standard InChI is InChI=1S/C23H27N3OS2/c1-3-5-14-28-23-24-21-20(22(27)26(23)12-4-2)18-11-13-25(16-19(18)29-21)15-17-9-7-6-8-10-17/h4,6-10H,2-3,5,11-16H2,1H3. The fraction of sp³-hybridized carbons (Fsp3) is 0.391. The van der Waals surface area contributed by atoms with Gasteiger partial charge in [0.15, 0.2) is 5.16 Å². The molecule has 29 heavy (non-hydrogen) atoms. The quantitative estimate of drug-likeness (QED) is 0.218. The van der Waals surface area contributed by atoms with E-state index in [1.807, 2.05) is 0 Å². The fourth-order valence-electron chi connectivity index (χ4n) is 3.80. The van der Waals surface area contributed by atoms with Crippen LogP contribution in [0.15, 0.2) is 52.9 Å². The number of fused-ring (bicyclic) bond motifs is 3. The average Bonchev–Trinajstić information content (AvgIpc) is 3.09. The second kappa shape index (κ2) is 9.28. The molecule has 1 aromatic carbocycles. The van der Waals surface area contributed by atoms with Gasteiger partial charge in [-0.05, 0) is 24.0 Å². The highest BCUT2D eigenvalue weighted by Crippen LogP contribution is 2.34. The van der Waals surface area contributed by atoms with E-state index in [1.165, 1.54) is 16.0 Å². The van der Waals surface area contributed by atoms with Crippen molar-refractivity contribution in [2.45, 2.75) is 51.0 Å². The molecule has 1 aliphatic heterocycles. The van der Waals surface area contributed by atoms with Crippen molar-refractivity contribution < 1.29 is 0 Å². The van der Waals surface area contributed by atoms with Crippen molar-refractivity contribution in [3.8, 4) is 0 Å². The van der Waals surface area contributed by atoms with Crippen molar-refractivity contribution >= 4 is 33.3 Å². The molecule has 2 aromatic heterocycles. The van der Waals surface area contributed by atoms with Crippen LogP contribution >= 0.6 is 23.1 Å². The smallest absolute Gasteiger partial charge is 0.263 e. The summed E-state index contributed by atoms with van der Waals surface area (Å²) in [7, 11) is 0. The summed E-state index contributed by atoms with van der Waals surface area (Å²) in [5.74, 6) is 0.988. The first kappa shape index (κ1) is 20.4. The van der Waals surface area contributed by atoms with Crippen molar-refractivity contribution in [2.24, 2.45) is 0 Å². The molecule has 0 bridgehead atoms. The molecule has 0 unspecified atom stereocenters. The summed E-state index contributed by atoms with van der Waals surface area (Å²) in [6, 6.07) is 10.6. The first-order chi connectivity index (χ1) is 14.2. The minimum Gasteiger partial charge on any atom is -0.294 e. The van der Waals surface area contributed by atoms with E-state index in [0.717, 1.165) is 60.0 Å². The molecule has 0 atom stereocenters. The maximum Gasteiger partial charge on any atom is 0.263 e. The largest absolute Gasteiger partial charge is 0.294 e. The Kier molecular flexibility index (Phi) is 6.53. The van der Waals surface area contributed by atoms with Crippen molar-refractivity contribution in [3.63, 3.8) is 0 Å². The summed E-state index contributed by atoms with van der Waals surface area (Å²) in [6.07, 6.45) is 4.97. The lowest BCUT2D eigenvalue weighted by Gasteiger charge is -2.26. The highest BCUT2D eigenvalue weighted by Gasteiger charge is 2.25. The molecule has 152 valence electrons. The topological polar surface area (TPSA) is 38.1 Å². The molecule has 0 radical (unpaired) electrons. The van der Waals surface area contributed by atoms with Gasteiger partial charge in [0.1, 0.15) is 4.83 Å². The number of thiophene rings is 1. The molecule has 4 nitrogen and oxygen atoms in total. The van der Waals surface area contributed by atoms with E-state index < -0.39 is 0 Å². The SMILES string of the molecule is C=CCn1c(SCCCC)nc2sc3c(c2c1=O)CCN(Cc1ccccc1)C3. The van der Waals surface area contributed by atoms with E-state index in [-0.39, 0.29) is 5.56 Å². The predicted molar refractivity (Wildman–Crippen MR) is 124 cm³/mol. The lowest BCUT2D eigenvalue weighted by Crippen LogP contribution is -2.30. The highest BCUT2D eigenvalue weighted by atomic mass is 32.2. The van der Waals surface area contributed by atoms with Gasteiger partial charge < -0.3 is 0 Å². The predicted octanol–water partition coefficient (Wildman–Crippen LogP) is 5.09. The zero-order valence-corrected chi connectivity index (χ0v) is 18.5. The van der Waals surface area contributed by atoms with Gasteiger partial charge in [0, 0.05) is 36.8 Å². The van der Waals surface area contributed by atoms with Gasteiger partial charge in [-0.1, -0.05) is 61.5 Å². The Hall–Kier alpha value is -1.89. The molecular formula is C23H27N3OS2. The van der Waals surface area contributed by atoms with Crippen LogP contribution in [0.1, 0.15) is 35.8 Å². The number of aromatic nitrogens is 2. The Bertz CT molecular complexity index is 1060. The van der Waals surface area contributed by atoms with E-state index in [1.54, 1.807) is 33.7 Å². The van der Waals surface area contributed by atoms with Crippen LogP contribution in [0.4, 0.5) is 0 Å². The molecular weight excluding hydrogens is 398 g/mol. The van der Waals surface area contributed by atoms with Gasteiger partial charge >= 0.3 is 0 Å². The van der Waals surface area contributed by atoms with Crippen LogP contribution in [0, 0.1) is 0 Å². The zero-order valence-electron chi connectivity index (χ0n) is 16.9. The summed E-state index contributed by atoms with van der Waals surface area (Å²) >= 11 is 3.39. The van der Waals surface area contributed by atoms with E-state index >= 15 is 0 Å². The Morgan fingerprint density at radius 3 is 2.90 bits per heavy atom. The van der Waals surface area contributed by atoms with Crippen LogP contribution in [0.25, 0.3) is 10.2 Å². The van der Waals surface area contributed by atoms with Gasteiger partial charge in [0.05, 0.1) is 5.39 Å². The molecule has 3 aromatic rings. The van der Waals surface area contributed by atoms with E-state index in [0.29, 0.717) is 6.54 Å². The lowest BCUT2D eigenvalue weighted by atomic mass is 10.0. The molecule has 0 fully saturated rings. The highest BCUT2D eigenvalue weighted by molar-refractivity contribution is 7.99. The molecule has 0 saturated carbocycles. The van der Waals surface area contributed by atoms with Crippen LogP contribution < -0.4 is 5.56 Å². The van der Waals surface area contributed by atoms with E-state index in [9.17, 15) is 4.79 Å². The number of rotatable bonds is 8. The van der Waals surface area contributed by atoms with Crippen molar-refractivity contribution in [3.05, 3.63) is 69.3 Å². The first-order valence-corrected chi connectivity index (χ1v) is 12.1. The summed E-state index contributed by atoms with van der Waals surface area (Å²) in [5.41, 5.74) is 2.65. The Balaban J connectivity index is 1.66. The second-order valence-electron chi connectivity index (χ2n) is 7.43. The maximum atomic E-state index is 13.3. The third-order valence-electron chi connectivity index (χ3n) is 5.29. The third-order valence-corrected chi connectivity index (χ3v) is 7.47.